The second-order valence-electron chi connectivity index (χ2n) is 7.32. The summed E-state index contributed by atoms with van der Waals surface area (Å²) in [6, 6.07) is 0. The Hall–Kier alpha value is -0.830. The van der Waals surface area contributed by atoms with Crippen molar-refractivity contribution in [3.05, 3.63) is 18.2 Å². The Morgan fingerprint density at radius 2 is 2.19 bits per heavy atom. The first kappa shape index (κ1) is 16.5. The SMILES string of the molecule is CCCn1ccnc1C1CC(C)CCC1CNCC(C)C. The highest BCUT2D eigenvalue weighted by Crippen LogP contribution is 2.39. The van der Waals surface area contributed by atoms with Crippen LogP contribution in [0.25, 0.3) is 0 Å². The molecule has 1 aromatic rings. The minimum atomic E-state index is 0.634. The van der Waals surface area contributed by atoms with Gasteiger partial charge in [0.05, 0.1) is 0 Å². The molecule has 0 spiro atoms. The van der Waals surface area contributed by atoms with Crippen molar-refractivity contribution in [1.29, 1.82) is 0 Å². The van der Waals surface area contributed by atoms with Crippen LogP contribution in [0.2, 0.25) is 0 Å². The molecule has 1 fully saturated rings. The van der Waals surface area contributed by atoms with Crippen LogP contribution in [0.15, 0.2) is 12.4 Å². The Kier molecular flexibility index (Phi) is 6.28. The Morgan fingerprint density at radius 3 is 2.90 bits per heavy atom. The van der Waals surface area contributed by atoms with Crippen LogP contribution in [0.4, 0.5) is 0 Å². The van der Waals surface area contributed by atoms with Gasteiger partial charge in [-0.3, -0.25) is 0 Å². The Bertz CT molecular complexity index is 410. The summed E-state index contributed by atoms with van der Waals surface area (Å²) in [5.41, 5.74) is 0. The molecular weight excluding hydrogens is 258 g/mol. The van der Waals surface area contributed by atoms with Crippen LogP contribution in [0, 0.1) is 17.8 Å². The predicted octanol–water partition coefficient (Wildman–Crippen LogP) is 4.06. The van der Waals surface area contributed by atoms with Gasteiger partial charge in [-0.25, -0.2) is 4.98 Å². The van der Waals surface area contributed by atoms with E-state index in [9.17, 15) is 0 Å². The van der Waals surface area contributed by atoms with Crippen LogP contribution < -0.4 is 5.32 Å². The van der Waals surface area contributed by atoms with Crippen LogP contribution >= 0.6 is 0 Å². The maximum absolute atomic E-state index is 4.72. The molecule has 1 saturated carbocycles. The smallest absolute Gasteiger partial charge is 0.112 e. The van der Waals surface area contributed by atoms with Crippen molar-refractivity contribution < 1.29 is 0 Å². The summed E-state index contributed by atoms with van der Waals surface area (Å²) in [6.45, 7) is 12.6. The zero-order valence-electron chi connectivity index (χ0n) is 14.3. The number of hydrogen-bond donors (Lipinski definition) is 1. The summed E-state index contributed by atoms with van der Waals surface area (Å²) in [5, 5.41) is 3.68. The van der Waals surface area contributed by atoms with Crippen molar-refractivity contribution in [2.24, 2.45) is 17.8 Å². The third-order valence-electron chi connectivity index (χ3n) is 4.76. The van der Waals surface area contributed by atoms with Gasteiger partial charge in [-0.2, -0.15) is 0 Å². The fourth-order valence-corrected chi connectivity index (χ4v) is 3.64. The summed E-state index contributed by atoms with van der Waals surface area (Å²) in [4.78, 5) is 4.72. The van der Waals surface area contributed by atoms with Gasteiger partial charge in [-0.15, -0.1) is 0 Å². The molecule has 1 N–H and O–H groups in total. The van der Waals surface area contributed by atoms with Crippen molar-refractivity contribution in [2.75, 3.05) is 13.1 Å². The van der Waals surface area contributed by atoms with E-state index >= 15 is 0 Å². The van der Waals surface area contributed by atoms with E-state index in [4.69, 9.17) is 4.98 Å². The number of aryl methyl sites for hydroxylation is 1. The van der Waals surface area contributed by atoms with E-state index in [0.717, 1.165) is 37.4 Å². The second-order valence-corrected chi connectivity index (χ2v) is 7.32. The Balaban J connectivity index is 2.05. The van der Waals surface area contributed by atoms with E-state index in [1.54, 1.807) is 0 Å². The molecule has 0 aliphatic heterocycles. The number of nitrogens with zero attached hydrogens (tertiary/aromatic N) is 2. The molecule has 3 unspecified atom stereocenters. The van der Waals surface area contributed by atoms with Crippen LogP contribution in [0.5, 0.6) is 0 Å². The quantitative estimate of drug-likeness (QED) is 0.821. The molecule has 120 valence electrons. The minimum Gasteiger partial charge on any atom is -0.335 e. The van der Waals surface area contributed by atoms with Crippen LogP contribution in [0.1, 0.15) is 65.1 Å². The highest BCUT2D eigenvalue weighted by atomic mass is 15.1. The Morgan fingerprint density at radius 1 is 1.38 bits per heavy atom. The molecule has 3 heteroatoms. The average molecular weight is 291 g/mol. The zero-order chi connectivity index (χ0) is 15.2. The first-order chi connectivity index (χ1) is 10.1. The second kappa shape index (κ2) is 7.98. The topological polar surface area (TPSA) is 29.9 Å². The molecule has 3 atom stereocenters. The van der Waals surface area contributed by atoms with Gasteiger partial charge in [0, 0.05) is 24.9 Å². The standard InChI is InChI=1S/C18H33N3/c1-5-9-21-10-8-20-18(21)17-11-15(4)6-7-16(17)13-19-12-14(2)3/h8,10,14-17,19H,5-7,9,11-13H2,1-4H3. The molecule has 0 bridgehead atoms. The van der Waals surface area contributed by atoms with Crippen LogP contribution in [-0.2, 0) is 6.54 Å². The molecule has 2 rings (SSSR count). The number of imidazole rings is 1. The summed E-state index contributed by atoms with van der Waals surface area (Å²) >= 11 is 0. The maximum Gasteiger partial charge on any atom is 0.112 e. The lowest BCUT2D eigenvalue weighted by molar-refractivity contribution is 0.229. The van der Waals surface area contributed by atoms with Gasteiger partial charge in [-0.05, 0) is 50.1 Å². The lowest BCUT2D eigenvalue weighted by Gasteiger charge is -2.35. The predicted molar refractivity (Wildman–Crippen MR) is 89.5 cm³/mol. The molecule has 0 amide bonds. The monoisotopic (exact) mass is 291 g/mol. The van der Waals surface area contributed by atoms with Gasteiger partial charge < -0.3 is 9.88 Å². The van der Waals surface area contributed by atoms with Crippen LogP contribution in [0.3, 0.4) is 0 Å². The fraction of sp³-hybridized carbons (Fsp3) is 0.833. The number of rotatable bonds is 7. The van der Waals surface area contributed by atoms with Gasteiger partial charge in [0.2, 0.25) is 0 Å². The largest absolute Gasteiger partial charge is 0.335 e. The summed E-state index contributed by atoms with van der Waals surface area (Å²) in [6.07, 6.45) is 9.35. The van der Waals surface area contributed by atoms with Crippen molar-refractivity contribution >= 4 is 0 Å². The molecule has 3 nitrogen and oxygen atoms in total. The van der Waals surface area contributed by atoms with Crippen molar-refractivity contribution in [3.8, 4) is 0 Å². The summed E-state index contributed by atoms with van der Waals surface area (Å²) < 4.78 is 2.39. The molecule has 0 radical (unpaired) electrons. The molecular formula is C18H33N3. The van der Waals surface area contributed by atoms with Crippen LogP contribution in [-0.4, -0.2) is 22.6 Å². The highest BCUT2D eigenvalue weighted by molar-refractivity contribution is 5.05. The van der Waals surface area contributed by atoms with Gasteiger partial charge >= 0.3 is 0 Å². The maximum atomic E-state index is 4.72. The normalized spacial score (nSPS) is 26.4. The van der Waals surface area contributed by atoms with E-state index in [0.29, 0.717) is 5.92 Å². The lowest BCUT2D eigenvalue weighted by atomic mass is 9.74. The molecule has 0 aromatic carbocycles. The Labute approximate surface area is 130 Å². The average Bonchev–Trinajstić information content (AvgIpc) is 2.88. The van der Waals surface area contributed by atoms with Gasteiger partial charge in [-0.1, -0.05) is 34.1 Å². The van der Waals surface area contributed by atoms with Gasteiger partial charge in [0.15, 0.2) is 0 Å². The number of hydrogen-bond acceptors (Lipinski definition) is 2. The third kappa shape index (κ3) is 4.57. The van der Waals surface area contributed by atoms with Crippen molar-refractivity contribution in [3.63, 3.8) is 0 Å². The molecule has 1 aliphatic carbocycles. The van der Waals surface area contributed by atoms with E-state index in [1.807, 2.05) is 6.20 Å². The molecule has 21 heavy (non-hydrogen) atoms. The fourth-order valence-electron chi connectivity index (χ4n) is 3.64. The third-order valence-corrected chi connectivity index (χ3v) is 4.76. The van der Waals surface area contributed by atoms with Gasteiger partial charge in [0.25, 0.3) is 0 Å². The molecule has 1 aliphatic rings. The lowest BCUT2D eigenvalue weighted by Crippen LogP contribution is -2.34. The number of nitrogens with one attached hydrogen (secondary N) is 1. The number of aromatic nitrogens is 2. The zero-order valence-corrected chi connectivity index (χ0v) is 14.3. The summed E-state index contributed by atoms with van der Waals surface area (Å²) in [5.74, 6) is 4.28. The first-order valence-electron chi connectivity index (χ1n) is 8.83. The molecule has 0 saturated heterocycles. The van der Waals surface area contributed by atoms with E-state index in [1.165, 1.54) is 31.5 Å². The van der Waals surface area contributed by atoms with Gasteiger partial charge in [0.1, 0.15) is 5.82 Å². The molecule has 1 heterocycles. The molecule has 1 aromatic heterocycles. The highest BCUT2D eigenvalue weighted by Gasteiger charge is 2.32. The van der Waals surface area contributed by atoms with E-state index in [-0.39, 0.29) is 0 Å². The summed E-state index contributed by atoms with van der Waals surface area (Å²) in [7, 11) is 0. The van der Waals surface area contributed by atoms with E-state index < -0.39 is 0 Å². The van der Waals surface area contributed by atoms with E-state index in [2.05, 4.69) is 43.8 Å². The van der Waals surface area contributed by atoms with Crippen molar-refractivity contribution in [2.45, 2.75) is 65.8 Å². The first-order valence-corrected chi connectivity index (χ1v) is 8.83. The van der Waals surface area contributed by atoms with Crippen molar-refractivity contribution in [1.82, 2.24) is 14.9 Å². The minimum absolute atomic E-state index is 0.634.